The van der Waals surface area contributed by atoms with E-state index in [1.165, 1.54) is 12.1 Å². The summed E-state index contributed by atoms with van der Waals surface area (Å²) in [6.45, 7) is 3.95. The molecule has 2 aliphatic heterocycles. The van der Waals surface area contributed by atoms with Gasteiger partial charge >= 0.3 is 0 Å². The maximum atomic E-state index is 14.5. The predicted octanol–water partition coefficient (Wildman–Crippen LogP) is 3.08. The number of nitrogens with one attached hydrogen (secondary N) is 1. The summed E-state index contributed by atoms with van der Waals surface area (Å²) < 4.78 is 25.8. The van der Waals surface area contributed by atoms with Crippen LogP contribution in [0, 0.1) is 5.82 Å². The van der Waals surface area contributed by atoms with Crippen LogP contribution in [0.1, 0.15) is 24.2 Å². The van der Waals surface area contributed by atoms with Crippen LogP contribution in [0.2, 0.25) is 5.15 Å². The molecule has 0 unspecified atom stereocenters. The highest BCUT2D eigenvalue weighted by molar-refractivity contribution is 6.29. The van der Waals surface area contributed by atoms with Crippen molar-refractivity contribution in [3.8, 4) is 5.88 Å². The Kier molecular flexibility index (Phi) is 5.25. The number of aromatic nitrogens is 3. The van der Waals surface area contributed by atoms with Crippen molar-refractivity contribution in [1.82, 2.24) is 15.0 Å². The zero-order chi connectivity index (χ0) is 21.5. The Balaban J connectivity index is 1.57. The second-order valence-corrected chi connectivity index (χ2v) is 7.99. The van der Waals surface area contributed by atoms with Gasteiger partial charge in [0.25, 0.3) is 5.88 Å². The molecule has 162 valence electrons. The van der Waals surface area contributed by atoms with Crippen LogP contribution in [0.4, 0.5) is 15.9 Å². The average molecular weight is 446 g/mol. The standard InChI is InChI=1S/C21H21ClFN5O3/c1-11(24-15-2-3-18(22)25-17(15)8-29)14-6-12(23)7-16-19(14)27-20-21(26-16)31-10-13-9-30-5-4-28(13)20/h2-3,6-7,11,13,24,29H,4-5,8-10H2,1H3/t11-,13+/m1/s1. The number of hydrogen-bond acceptors (Lipinski definition) is 8. The first-order valence-electron chi connectivity index (χ1n) is 10.0. The number of rotatable bonds is 4. The quantitative estimate of drug-likeness (QED) is 0.592. The minimum atomic E-state index is -0.415. The molecule has 10 heteroatoms. The number of pyridine rings is 1. The molecule has 2 aromatic heterocycles. The summed E-state index contributed by atoms with van der Waals surface area (Å²) in [5, 5.41) is 13.2. The van der Waals surface area contributed by atoms with Gasteiger partial charge in [-0.25, -0.2) is 19.3 Å². The zero-order valence-electron chi connectivity index (χ0n) is 16.8. The van der Waals surface area contributed by atoms with E-state index in [9.17, 15) is 9.50 Å². The Morgan fingerprint density at radius 3 is 3.00 bits per heavy atom. The Hall–Kier alpha value is -2.75. The first kappa shape index (κ1) is 20.2. The smallest absolute Gasteiger partial charge is 0.258 e. The number of anilines is 2. The maximum absolute atomic E-state index is 14.5. The minimum absolute atomic E-state index is 0.0831. The Labute approximate surface area is 183 Å². The molecule has 0 amide bonds. The van der Waals surface area contributed by atoms with Gasteiger partial charge in [-0.1, -0.05) is 11.6 Å². The van der Waals surface area contributed by atoms with Crippen molar-refractivity contribution in [2.24, 2.45) is 0 Å². The lowest BCUT2D eigenvalue weighted by Crippen LogP contribution is -2.51. The molecule has 0 bridgehead atoms. The summed E-state index contributed by atoms with van der Waals surface area (Å²) >= 11 is 5.93. The summed E-state index contributed by atoms with van der Waals surface area (Å²) in [4.78, 5) is 15.7. The molecule has 1 fully saturated rings. The zero-order valence-corrected chi connectivity index (χ0v) is 17.6. The molecule has 2 aliphatic rings. The first-order valence-corrected chi connectivity index (χ1v) is 10.4. The summed E-state index contributed by atoms with van der Waals surface area (Å²) in [7, 11) is 0. The molecule has 31 heavy (non-hydrogen) atoms. The van der Waals surface area contributed by atoms with Crippen molar-refractivity contribution >= 4 is 34.1 Å². The lowest BCUT2D eigenvalue weighted by Gasteiger charge is -2.39. The fraction of sp³-hybridized carbons (Fsp3) is 0.381. The second kappa shape index (κ2) is 8.07. The minimum Gasteiger partial charge on any atom is -0.473 e. The van der Waals surface area contributed by atoms with Crippen molar-refractivity contribution < 1.29 is 19.0 Å². The fourth-order valence-electron chi connectivity index (χ4n) is 4.02. The number of benzene rings is 1. The molecule has 8 nitrogen and oxygen atoms in total. The van der Waals surface area contributed by atoms with Crippen molar-refractivity contribution in [1.29, 1.82) is 0 Å². The lowest BCUT2D eigenvalue weighted by molar-refractivity contribution is 0.0686. The topological polar surface area (TPSA) is 92.6 Å². The van der Waals surface area contributed by atoms with Crippen LogP contribution in [0.3, 0.4) is 0 Å². The highest BCUT2D eigenvalue weighted by atomic mass is 35.5. The average Bonchev–Trinajstić information content (AvgIpc) is 2.78. The third kappa shape index (κ3) is 3.73. The van der Waals surface area contributed by atoms with Gasteiger partial charge in [-0.2, -0.15) is 0 Å². The van der Waals surface area contributed by atoms with E-state index in [0.29, 0.717) is 66.0 Å². The SMILES string of the molecule is C[C@@H](Nc1ccc(Cl)nc1CO)c1cc(F)cc2nc3c(nc12)N1CCOC[C@H]1CO3. The molecule has 0 radical (unpaired) electrons. The van der Waals surface area contributed by atoms with E-state index in [1.54, 1.807) is 12.1 Å². The summed E-state index contributed by atoms with van der Waals surface area (Å²) in [6, 6.07) is 5.91. The van der Waals surface area contributed by atoms with E-state index in [0.717, 1.165) is 0 Å². The number of fused-ring (bicyclic) bond motifs is 4. The molecular weight excluding hydrogens is 425 g/mol. The molecule has 1 saturated heterocycles. The van der Waals surface area contributed by atoms with Gasteiger partial charge in [0.1, 0.15) is 17.6 Å². The summed E-state index contributed by atoms with van der Waals surface area (Å²) in [5.41, 5.74) is 2.67. The van der Waals surface area contributed by atoms with E-state index < -0.39 is 5.82 Å². The van der Waals surface area contributed by atoms with E-state index in [1.807, 2.05) is 6.92 Å². The van der Waals surface area contributed by atoms with Gasteiger partial charge in [0, 0.05) is 18.2 Å². The molecule has 0 saturated carbocycles. The Morgan fingerprint density at radius 2 is 2.16 bits per heavy atom. The number of morpholine rings is 1. The van der Waals surface area contributed by atoms with E-state index in [2.05, 4.69) is 20.2 Å². The molecule has 0 aliphatic carbocycles. The van der Waals surface area contributed by atoms with Crippen LogP contribution in [0.15, 0.2) is 24.3 Å². The van der Waals surface area contributed by atoms with Crippen LogP contribution >= 0.6 is 11.6 Å². The van der Waals surface area contributed by atoms with E-state index in [4.69, 9.17) is 26.1 Å². The highest BCUT2D eigenvalue weighted by Gasteiger charge is 2.33. The molecule has 2 N–H and O–H groups in total. The van der Waals surface area contributed by atoms with Crippen LogP contribution < -0.4 is 15.0 Å². The number of nitrogens with zero attached hydrogens (tertiary/aromatic N) is 4. The van der Waals surface area contributed by atoms with Crippen molar-refractivity contribution in [3.05, 3.63) is 46.5 Å². The monoisotopic (exact) mass is 445 g/mol. The maximum Gasteiger partial charge on any atom is 0.258 e. The van der Waals surface area contributed by atoms with Crippen LogP contribution in [0.5, 0.6) is 5.88 Å². The third-order valence-electron chi connectivity index (χ3n) is 5.56. The Morgan fingerprint density at radius 1 is 1.29 bits per heavy atom. The van der Waals surface area contributed by atoms with E-state index in [-0.39, 0.29) is 23.8 Å². The van der Waals surface area contributed by atoms with Gasteiger partial charge in [-0.05, 0) is 25.1 Å². The molecule has 5 rings (SSSR count). The van der Waals surface area contributed by atoms with Crippen molar-refractivity contribution in [3.63, 3.8) is 0 Å². The predicted molar refractivity (Wildman–Crippen MR) is 114 cm³/mol. The number of halogens is 2. The van der Waals surface area contributed by atoms with Gasteiger partial charge in [0.2, 0.25) is 0 Å². The highest BCUT2D eigenvalue weighted by Crippen LogP contribution is 2.36. The molecule has 3 aromatic rings. The van der Waals surface area contributed by atoms with Crippen molar-refractivity contribution in [2.45, 2.75) is 25.6 Å². The van der Waals surface area contributed by atoms with Gasteiger partial charge in [0.15, 0.2) is 5.82 Å². The van der Waals surface area contributed by atoms with Gasteiger partial charge in [-0.15, -0.1) is 0 Å². The molecule has 4 heterocycles. The lowest BCUT2D eigenvalue weighted by atomic mass is 10.0. The largest absolute Gasteiger partial charge is 0.473 e. The molecular formula is C21H21ClFN5O3. The van der Waals surface area contributed by atoms with Crippen molar-refractivity contribution in [2.75, 3.05) is 36.6 Å². The molecule has 2 atom stereocenters. The summed E-state index contributed by atoms with van der Waals surface area (Å²) in [5.74, 6) is 0.644. The first-order chi connectivity index (χ1) is 15.0. The van der Waals surface area contributed by atoms with Crippen LogP contribution in [0.25, 0.3) is 11.0 Å². The summed E-state index contributed by atoms with van der Waals surface area (Å²) in [6.07, 6.45) is 0. The second-order valence-electron chi connectivity index (χ2n) is 7.60. The Bertz CT molecular complexity index is 1150. The normalized spacial score (nSPS) is 18.8. The van der Waals surface area contributed by atoms with Crippen LogP contribution in [-0.4, -0.2) is 52.5 Å². The van der Waals surface area contributed by atoms with Gasteiger partial charge in [0.05, 0.1) is 54.3 Å². The van der Waals surface area contributed by atoms with Gasteiger partial charge in [-0.3, -0.25) is 0 Å². The van der Waals surface area contributed by atoms with Crippen LogP contribution in [-0.2, 0) is 11.3 Å². The number of aliphatic hydroxyl groups excluding tert-OH is 1. The number of ether oxygens (including phenoxy) is 2. The molecule has 1 aromatic carbocycles. The van der Waals surface area contributed by atoms with Gasteiger partial charge < -0.3 is 24.8 Å². The number of aliphatic hydroxyl groups is 1. The van der Waals surface area contributed by atoms with E-state index >= 15 is 0 Å². The number of hydrogen-bond donors (Lipinski definition) is 2. The fourth-order valence-corrected chi connectivity index (χ4v) is 4.19. The molecule has 0 spiro atoms. The third-order valence-corrected chi connectivity index (χ3v) is 5.77.